The average Bonchev–Trinajstić information content (AvgIpc) is 4.03. The van der Waals surface area contributed by atoms with Crippen LogP contribution in [0.2, 0.25) is 0 Å². The van der Waals surface area contributed by atoms with E-state index in [9.17, 15) is 0 Å². The molecule has 0 amide bonds. The second-order valence-corrected chi connectivity index (χ2v) is 19.1. The number of anilines is 3. The normalized spacial score (nSPS) is 12.9. The molecule has 0 aliphatic carbocycles. The van der Waals surface area contributed by atoms with Crippen LogP contribution in [0.25, 0.3) is 82.5 Å². The Balaban J connectivity index is 1.17. The Morgan fingerprint density at radius 3 is 1.36 bits per heavy atom. The molecule has 2 aliphatic heterocycles. The number of benzene rings is 10. The topological polar surface area (TPSA) is 27.3 Å². The average molecular weight is 883 g/mol. The Hall–Kier alpha value is -8.74. The van der Waals surface area contributed by atoms with Crippen LogP contribution >= 0.6 is 0 Å². The fourth-order valence-electron chi connectivity index (χ4n) is 12.2. The second kappa shape index (κ2) is 14.1. The molecule has 324 valence electrons. The van der Waals surface area contributed by atoms with Gasteiger partial charge in [0.25, 0.3) is 6.71 Å². The lowest BCUT2D eigenvalue weighted by Crippen LogP contribution is -2.59. The van der Waals surface area contributed by atoms with E-state index in [-0.39, 0.29) is 6.71 Å². The summed E-state index contributed by atoms with van der Waals surface area (Å²) in [5.41, 5.74) is 21.1. The molecule has 0 atom stereocenters. The molecule has 0 saturated carbocycles. The van der Waals surface area contributed by atoms with Crippen LogP contribution < -0.4 is 26.0 Å². The van der Waals surface area contributed by atoms with Crippen molar-refractivity contribution in [3.05, 3.63) is 223 Å². The number of aryl methyl sites for hydroxylation is 3. The lowest BCUT2D eigenvalue weighted by molar-refractivity contribution is 0.487. The lowest BCUT2D eigenvalue weighted by Gasteiger charge is -2.40. The molecule has 0 bridgehead atoms. The highest BCUT2D eigenvalue weighted by molar-refractivity contribution is 6.99. The number of aromatic nitrogens is 3. The van der Waals surface area contributed by atoms with Crippen LogP contribution in [0, 0.1) is 20.8 Å². The van der Waals surface area contributed by atoms with E-state index in [0.717, 1.165) is 56.5 Å². The molecule has 10 aromatic carbocycles. The Labute approximate surface area is 399 Å². The summed E-state index contributed by atoms with van der Waals surface area (Å²) in [7, 11) is 0. The summed E-state index contributed by atoms with van der Waals surface area (Å²) in [5, 5.41) is 7.27. The highest BCUT2D eigenvalue weighted by atomic mass is 16.5. The number of rotatable bonds is 4. The molecule has 0 unspecified atom stereocenters. The van der Waals surface area contributed by atoms with Gasteiger partial charge in [-0.1, -0.05) is 144 Å². The summed E-state index contributed by atoms with van der Waals surface area (Å²) in [4.78, 5) is 2.48. The van der Waals surface area contributed by atoms with Gasteiger partial charge in [-0.2, -0.15) is 0 Å². The van der Waals surface area contributed by atoms with Crippen LogP contribution in [0.15, 0.2) is 206 Å². The van der Waals surface area contributed by atoms with E-state index >= 15 is 0 Å². The molecule has 0 saturated heterocycles. The first-order valence-corrected chi connectivity index (χ1v) is 24.0. The van der Waals surface area contributed by atoms with Gasteiger partial charge in [-0.15, -0.1) is 0 Å². The number of hydrogen-bond donors (Lipinski definition) is 0. The van der Waals surface area contributed by atoms with Crippen molar-refractivity contribution in [1.82, 2.24) is 13.7 Å². The standard InChI is InChI=1S/C63H43BN4O/c1-38-26-30-43(31-27-38)65-53-32-28-39(2)34-48(53)64-49-35-40(3)29-33-55(49)69-56-37-44(36-54(65)60(56)64)68-52-25-15-12-22-47(52)59-62-57(45-20-10-13-23-50(45)66(62)41-16-6-4-7-17-41)61-58(63(59)68)46-21-11-14-24-51(46)67(61)42-18-8-5-9-19-42/h4-37H,1-3H3. The van der Waals surface area contributed by atoms with Crippen molar-refractivity contribution in [3.8, 4) is 28.6 Å². The number of para-hydroxylation sites is 5. The molecule has 5 heterocycles. The lowest BCUT2D eigenvalue weighted by atomic mass is 9.34. The fourth-order valence-corrected chi connectivity index (χ4v) is 12.2. The van der Waals surface area contributed by atoms with Crippen LogP contribution in [0.1, 0.15) is 16.7 Å². The van der Waals surface area contributed by atoms with Gasteiger partial charge in [0.15, 0.2) is 0 Å². The van der Waals surface area contributed by atoms with Gasteiger partial charge in [-0.25, -0.2) is 0 Å². The fraction of sp³-hybridized carbons (Fsp3) is 0.0476. The zero-order valence-electron chi connectivity index (χ0n) is 38.4. The van der Waals surface area contributed by atoms with Gasteiger partial charge >= 0.3 is 0 Å². The summed E-state index contributed by atoms with van der Waals surface area (Å²) in [6.45, 7) is 6.54. The molecule has 0 spiro atoms. The van der Waals surface area contributed by atoms with E-state index in [1.165, 1.54) is 87.6 Å². The monoisotopic (exact) mass is 882 g/mol. The summed E-state index contributed by atoms with van der Waals surface area (Å²) in [5.74, 6) is 1.78. The Morgan fingerprint density at radius 2 is 0.812 bits per heavy atom. The minimum absolute atomic E-state index is 0.0146. The molecule has 2 aliphatic rings. The van der Waals surface area contributed by atoms with Gasteiger partial charge in [0.05, 0.1) is 38.8 Å². The summed E-state index contributed by atoms with van der Waals surface area (Å²) in [6, 6.07) is 76.2. The maximum atomic E-state index is 7.25. The molecule has 5 nitrogen and oxygen atoms in total. The Kier molecular flexibility index (Phi) is 7.87. The quantitative estimate of drug-likeness (QED) is 0.165. The number of ether oxygens (including phenoxy) is 1. The smallest absolute Gasteiger partial charge is 0.256 e. The molecule has 6 heteroatoms. The van der Waals surface area contributed by atoms with Gasteiger partial charge in [-0.3, -0.25) is 0 Å². The van der Waals surface area contributed by atoms with Gasteiger partial charge in [-0.05, 0) is 110 Å². The maximum absolute atomic E-state index is 7.25. The second-order valence-electron chi connectivity index (χ2n) is 19.1. The van der Waals surface area contributed by atoms with E-state index in [0.29, 0.717) is 0 Å². The molecule has 0 N–H and O–H groups in total. The first kappa shape index (κ1) is 38.4. The van der Waals surface area contributed by atoms with E-state index in [4.69, 9.17) is 4.74 Å². The van der Waals surface area contributed by atoms with Crippen molar-refractivity contribution < 1.29 is 4.74 Å². The highest BCUT2D eigenvalue weighted by Crippen LogP contribution is 2.51. The summed E-state index contributed by atoms with van der Waals surface area (Å²) in [6.07, 6.45) is 0. The highest BCUT2D eigenvalue weighted by Gasteiger charge is 2.43. The van der Waals surface area contributed by atoms with Gasteiger partial charge in [0.2, 0.25) is 0 Å². The molecular formula is C63H43BN4O. The first-order valence-electron chi connectivity index (χ1n) is 24.0. The Bertz CT molecular complexity index is 4240. The molecule has 0 radical (unpaired) electrons. The van der Waals surface area contributed by atoms with Crippen molar-refractivity contribution >= 4 is 106 Å². The molecule has 15 rings (SSSR count). The minimum atomic E-state index is -0.0146. The number of fused-ring (bicyclic) bond motifs is 16. The Morgan fingerprint density at radius 1 is 0.348 bits per heavy atom. The van der Waals surface area contributed by atoms with Crippen LogP contribution in [-0.4, -0.2) is 20.4 Å². The molecular weight excluding hydrogens is 840 g/mol. The summed E-state index contributed by atoms with van der Waals surface area (Å²) >= 11 is 0. The van der Waals surface area contributed by atoms with Gasteiger partial charge in [0, 0.05) is 66.8 Å². The molecule has 0 fully saturated rings. The van der Waals surface area contributed by atoms with Crippen molar-refractivity contribution in [3.63, 3.8) is 0 Å². The number of hydrogen-bond acceptors (Lipinski definition) is 2. The van der Waals surface area contributed by atoms with Crippen LogP contribution in [-0.2, 0) is 0 Å². The maximum Gasteiger partial charge on any atom is 0.256 e. The van der Waals surface area contributed by atoms with Crippen molar-refractivity contribution in [2.45, 2.75) is 20.8 Å². The first-order chi connectivity index (χ1) is 34.0. The SMILES string of the molecule is Cc1ccc(N2c3ccc(C)cc3B3c4cc(C)ccc4Oc4cc(-n5c6ccccc6c6c7c(c8ccccc8n7-c7ccccc7)c7c(c8ccccc8n7-c7ccccc7)c65)cc2c43)cc1. The van der Waals surface area contributed by atoms with Gasteiger partial charge in [0.1, 0.15) is 11.5 Å². The summed E-state index contributed by atoms with van der Waals surface area (Å²) < 4.78 is 14.8. The van der Waals surface area contributed by atoms with Gasteiger partial charge < -0.3 is 23.3 Å². The van der Waals surface area contributed by atoms with E-state index in [2.05, 4.69) is 246 Å². The third kappa shape index (κ3) is 5.26. The van der Waals surface area contributed by atoms with Crippen LogP contribution in [0.4, 0.5) is 17.1 Å². The number of nitrogens with zero attached hydrogens (tertiary/aromatic N) is 4. The zero-order chi connectivity index (χ0) is 45.6. The van der Waals surface area contributed by atoms with E-state index in [1.807, 2.05) is 0 Å². The predicted octanol–water partition coefficient (Wildman–Crippen LogP) is 14.3. The van der Waals surface area contributed by atoms with Crippen LogP contribution in [0.3, 0.4) is 0 Å². The molecule has 13 aromatic rings. The third-order valence-corrected chi connectivity index (χ3v) is 15.0. The largest absolute Gasteiger partial charge is 0.458 e. The van der Waals surface area contributed by atoms with Crippen molar-refractivity contribution in [1.29, 1.82) is 0 Å². The van der Waals surface area contributed by atoms with Crippen LogP contribution in [0.5, 0.6) is 11.5 Å². The predicted molar refractivity (Wildman–Crippen MR) is 290 cm³/mol. The molecule has 69 heavy (non-hydrogen) atoms. The van der Waals surface area contributed by atoms with E-state index < -0.39 is 0 Å². The molecule has 3 aromatic heterocycles. The zero-order valence-corrected chi connectivity index (χ0v) is 38.4. The van der Waals surface area contributed by atoms with E-state index in [1.54, 1.807) is 0 Å². The minimum Gasteiger partial charge on any atom is -0.458 e. The van der Waals surface area contributed by atoms with Crippen molar-refractivity contribution in [2.75, 3.05) is 4.90 Å². The van der Waals surface area contributed by atoms with Crippen molar-refractivity contribution in [2.24, 2.45) is 0 Å². The third-order valence-electron chi connectivity index (χ3n) is 15.0.